The predicted octanol–water partition coefficient (Wildman–Crippen LogP) is 5.85. The first-order valence-electron chi connectivity index (χ1n) is 6.97. The number of anilines is 1. The molecule has 1 saturated carbocycles. The lowest BCUT2D eigenvalue weighted by atomic mass is 9.83. The number of alkyl halides is 3. The van der Waals surface area contributed by atoms with E-state index in [2.05, 4.69) is 28.2 Å². The summed E-state index contributed by atoms with van der Waals surface area (Å²) in [6.45, 7) is 2.74. The Kier molecular flexibility index (Phi) is 4.67. The first kappa shape index (κ1) is 15.7. The molecule has 0 bridgehead atoms. The third-order valence-electron chi connectivity index (χ3n) is 4.36. The summed E-state index contributed by atoms with van der Waals surface area (Å²) in [6, 6.07) is 4.28. The lowest BCUT2D eigenvalue weighted by Gasteiger charge is -2.29. The minimum Gasteiger partial charge on any atom is -0.384 e. The van der Waals surface area contributed by atoms with E-state index in [4.69, 9.17) is 0 Å². The van der Waals surface area contributed by atoms with Gasteiger partial charge < -0.3 is 5.32 Å². The highest BCUT2D eigenvalue weighted by Gasteiger charge is 2.35. The lowest BCUT2D eigenvalue weighted by molar-refractivity contribution is -0.137. The average Bonchev–Trinajstić information content (AvgIpc) is 2.86. The highest BCUT2D eigenvalue weighted by Crippen LogP contribution is 2.42. The zero-order valence-corrected chi connectivity index (χ0v) is 13.1. The molecule has 0 aromatic heterocycles. The summed E-state index contributed by atoms with van der Waals surface area (Å²) in [5, 5.41) is 3.04. The van der Waals surface area contributed by atoms with Gasteiger partial charge in [-0.15, -0.1) is 0 Å². The van der Waals surface area contributed by atoms with E-state index in [0.717, 1.165) is 25.3 Å². The van der Waals surface area contributed by atoms with E-state index in [1.807, 2.05) is 0 Å². The third-order valence-corrected chi connectivity index (χ3v) is 4.85. The van der Waals surface area contributed by atoms with E-state index in [9.17, 15) is 13.2 Å². The molecule has 112 valence electrons. The van der Waals surface area contributed by atoms with Crippen molar-refractivity contribution in [3.05, 3.63) is 28.2 Å². The maximum atomic E-state index is 13.0. The Balaban J connectivity index is 2.17. The summed E-state index contributed by atoms with van der Waals surface area (Å²) >= 11 is 3.10. The Morgan fingerprint density at radius 1 is 1.25 bits per heavy atom. The van der Waals surface area contributed by atoms with Gasteiger partial charge >= 0.3 is 6.18 Å². The van der Waals surface area contributed by atoms with E-state index in [1.54, 1.807) is 6.07 Å². The SMILES string of the molecule is CCC1(CNc2ccc(Br)cc2C(F)(F)F)CCCC1. The molecule has 1 N–H and O–H groups in total. The van der Waals surface area contributed by atoms with Gasteiger partial charge in [-0.25, -0.2) is 0 Å². The molecule has 2 rings (SSSR count). The fourth-order valence-corrected chi connectivity index (χ4v) is 3.33. The molecule has 0 aliphatic heterocycles. The normalized spacial score (nSPS) is 18.2. The van der Waals surface area contributed by atoms with Gasteiger partial charge in [-0.3, -0.25) is 0 Å². The fraction of sp³-hybridized carbons (Fsp3) is 0.600. The van der Waals surface area contributed by atoms with Gasteiger partial charge in [-0.2, -0.15) is 13.2 Å². The molecule has 1 aliphatic rings. The highest BCUT2D eigenvalue weighted by molar-refractivity contribution is 9.10. The number of benzene rings is 1. The van der Waals surface area contributed by atoms with Crippen LogP contribution in [0.5, 0.6) is 0 Å². The minimum atomic E-state index is -4.33. The fourth-order valence-electron chi connectivity index (χ4n) is 2.97. The van der Waals surface area contributed by atoms with Crippen molar-refractivity contribution < 1.29 is 13.2 Å². The molecule has 1 nitrogen and oxygen atoms in total. The Morgan fingerprint density at radius 3 is 2.45 bits per heavy atom. The molecule has 1 aliphatic carbocycles. The first-order chi connectivity index (χ1) is 9.36. The van der Waals surface area contributed by atoms with E-state index in [0.29, 0.717) is 11.0 Å². The van der Waals surface area contributed by atoms with Crippen LogP contribution in [-0.2, 0) is 6.18 Å². The minimum absolute atomic E-state index is 0.163. The Labute approximate surface area is 126 Å². The molecule has 0 saturated heterocycles. The van der Waals surface area contributed by atoms with Crippen molar-refractivity contribution in [3.63, 3.8) is 0 Å². The number of rotatable bonds is 4. The highest BCUT2D eigenvalue weighted by atomic mass is 79.9. The predicted molar refractivity (Wildman–Crippen MR) is 78.8 cm³/mol. The molecular weight excluding hydrogens is 331 g/mol. The van der Waals surface area contributed by atoms with Gasteiger partial charge in [0, 0.05) is 16.7 Å². The zero-order valence-electron chi connectivity index (χ0n) is 11.5. The molecule has 5 heteroatoms. The molecule has 0 spiro atoms. The smallest absolute Gasteiger partial charge is 0.384 e. The zero-order chi connectivity index (χ0) is 14.8. The maximum Gasteiger partial charge on any atom is 0.418 e. The van der Waals surface area contributed by atoms with Crippen molar-refractivity contribution >= 4 is 21.6 Å². The molecular formula is C15H19BrF3N. The molecule has 0 heterocycles. The van der Waals surface area contributed by atoms with E-state index in [-0.39, 0.29) is 11.1 Å². The van der Waals surface area contributed by atoms with Crippen LogP contribution in [0, 0.1) is 5.41 Å². The molecule has 0 amide bonds. The Bertz CT molecular complexity index is 465. The van der Waals surface area contributed by atoms with Gasteiger partial charge in [-0.05, 0) is 42.9 Å². The van der Waals surface area contributed by atoms with Crippen LogP contribution in [0.1, 0.15) is 44.6 Å². The third kappa shape index (κ3) is 3.48. The van der Waals surface area contributed by atoms with Crippen LogP contribution in [-0.4, -0.2) is 6.54 Å². The number of nitrogens with one attached hydrogen (secondary N) is 1. The van der Waals surface area contributed by atoms with Crippen LogP contribution in [0.3, 0.4) is 0 Å². The van der Waals surface area contributed by atoms with Crippen LogP contribution < -0.4 is 5.32 Å². The summed E-state index contributed by atoms with van der Waals surface area (Å²) in [5.74, 6) is 0. The largest absolute Gasteiger partial charge is 0.418 e. The van der Waals surface area contributed by atoms with Gasteiger partial charge in [0.1, 0.15) is 0 Å². The van der Waals surface area contributed by atoms with Gasteiger partial charge in [-0.1, -0.05) is 35.7 Å². The van der Waals surface area contributed by atoms with Crippen molar-refractivity contribution in [1.82, 2.24) is 0 Å². The lowest BCUT2D eigenvalue weighted by Crippen LogP contribution is -2.26. The van der Waals surface area contributed by atoms with E-state index < -0.39 is 11.7 Å². The van der Waals surface area contributed by atoms with Crippen LogP contribution in [0.4, 0.5) is 18.9 Å². The van der Waals surface area contributed by atoms with Crippen LogP contribution in [0.15, 0.2) is 22.7 Å². The molecule has 0 radical (unpaired) electrons. The standard InChI is InChI=1S/C15H19BrF3N/c1-2-14(7-3-4-8-14)10-20-13-6-5-11(16)9-12(13)15(17,18)19/h5-6,9,20H,2-4,7-8,10H2,1H3. The second-order valence-electron chi connectivity index (χ2n) is 5.60. The summed E-state index contributed by atoms with van der Waals surface area (Å²) < 4.78 is 39.6. The molecule has 0 atom stereocenters. The van der Waals surface area contributed by atoms with Crippen LogP contribution in [0.2, 0.25) is 0 Å². The number of hydrogen-bond donors (Lipinski definition) is 1. The number of halogens is 4. The van der Waals surface area contributed by atoms with Crippen molar-refractivity contribution in [2.45, 2.75) is 45.2 Å². The summed E-state index contributed by atoms with van der Waals surface area (Å²) in [7, 11) is 0. The molecule has 1 aromatic carbocycles. The van der Waals surface area contributed by atoms with Gasteiger partial charge in [0.15, 0.2) is 0 Å². The second-order valence-corrected chi connectivity index (χ2v) is 6.52. The summed E-state index contributed by atoms with van der Waals surface area (Å²) in [5.41, 5.74) is -0.257. The van der Waals surface area contributed by atoms with Crippen molar-refractivity contribution in [1.29, 1.82) is 0 Å². The van der Waals surface area contributed by atoms with E-state index >= 15 is 0 Å². The quantitative estimate of drug-likeness (QED) is 0.718. The van der Waals surface area contributed by atoms with Gasteiger partial charge in [0.05, 0.1) is 5.56 Å². The van der Waals surface area contributed by atoms with Gasteiger partial charge in [0.25, 0.3) is 0 Å². The number of hydrogen-bond acceptors (Lipinski definition) is 1. The maximum absolute atomic E-state index is 13.0. The topological polar surface area (TPSA) is 12.0 Å². The summed E-state index contributed by atoms with van der Waals surface area (Å²) in [4.78, 5) is 0. The van der Waals surface area contributed by atoms with E-state index in [1.165, 1.54) is 18.9 Å². The average molecular weight is 350 g/mol. The molecule has 1 fully saturated rings. The van der Waals surface area contributed by atoms with Crippen LogP contribution >= 0.6 is 15.9 Å². The summed E-state index contributed by atoms with van der Waals surface area (Å²) in [6.07, 6.45) is 1.26. The van der Waals surface area contributed by atoms with Crippen molar-refractivity contribution in [3.8, 4) is 0 Å². The first-order valence-corrected chi connectivity index (χ1v) is 7.76. The Morgan fingerprint density at radius 2 is 1.90 bits per heavy atom. The second kappa shape index (κ2) is 5.96. The van der Waals surface area contributed by atoms with Crippen molar-refractivity contribution in [2.75, 3.05) is 11.9 Å². The van der Waals surface area contributed by atoms with Crippen LogP contribution in [0.25, 0.3) is 0 Å². The molecule has 20 heavy (non-hydrogen) atoms. The Hall–Kier alpha value is -0.710. The monoisotopic (exact) mass is 349 g/mol. The molecule has 1 aromatic rings. The van der Waals surface area contributed by atoms with Gasteiger partial charge in [0.2, 0.25) is 0 Å². The van der Waals surface area contributed by atoms with Crippen molar-refractivity contribution in [2.24, 2.45) is 5.41 Å². The molecule has 0 unspecified atom stereocenters.